The second-order valence-electron chi connectivity index (χ2n) is 7.00. The molecule has 3 nitrogen and oxygen atoms in total. The van der Waals surface area contributed by atoms with Gasteiger partial charge in [-0.15, -0.1) is 24.2 Å². The van der Waals surface area contributed by atoms with Gasteiger partial charge in [-0.3, -0.25) is 0 Å². The number of nitrogens with zero attached hydrogens (tertiary/aromatic N) is 2. The van der Waals surface area contributed by atoms with Crippen LogP contribution < -0.4 is 4.90 Å². The molecule has 0 amide bonds. The van der Waals surface area contributed by atoms with Gasteiger partial charge in [-0.25, -0.2) is 0 Å². The third-order valence-corrected chi connectivity index (χ3v) is 6.23. The number of aliphatic hydroxyl groups is 1. The monoisotopic (exact) mass is 392 g/mol. The molecule has 0 aromatic heterocycles. The van der Waals surface area contributed by atoms with Crippen LogP contribution in [-0.2, 0) is 0 Å². The second-order valence-corrected chi connectivity index (χ2v) is 8.22. The van der Waals surface area contributed by atoms with Gasteiger partial charge in [0, 0.05) is 11.4 Å². The lowest BCUT2D eigenvalue weighted by atomic mass is 9.97. The zero-order valence-electron chi connectivity index (χ0n) is 15.7. The van der Waals surface area contributed by atoms with E-state index in [1.807, 2.05) is 18.7 Å². The van der Waals surface area contributed by atoms with Gasteiger partial charge in [0.2, 0.25) is 0 Å². The van der Waals surface area contributed by atoms with Crippen LogP contribution >= 0.6 is 24.2 Å². The molecule has 3 atom stereocenters. The van der Waals surface area contributed by atoms with Gasteiger partial charge in [0.25, 0.3) is 0 Å². The molecule has 2 aromatic rings. The molecule has 0 saturated carbocycles. The summed E-state index contributed by atoms with van der Waals surface area (Å²) in [4.78, 5) is 6.00. The number of benzene rings is 2. The minimum Gasteiger partial charge on any atom is -0.392 e. The minimum absolute atomic E-state index is 0. The van der Waals surface area contributed by atoms with E-state index in [2.05, 4.69) is 78.5 Å². The van der Waals surface area contributed by atoms with Crippen LogP contribution in [0.3, 0.4) is 0 Å². The first-order valence-electron chi connectivity index (χ1n) is 8.98. The van der Waals surface area contributed by atoms with Crippen molar-refractivity contribution >= 4 is 29.9 Å². The quantitative estimate of drug-likeness (QED) is 0.784. The molecular formula is C21H29ClN2OS. The fourth-order valence-corrected chi connectivity index (χ4v) is 4.92. The predicted molar refractivity (Wildman–Crippen MR) is 115 cm³/mol. The molecule has 5 heteroatoms. The summed E-state index contributed by atoms with van der Waals surface area (Å²) in [6.45, 7) is 3.96. The molecule has 1 aliphatic rings. The average Bonchev–Trinajstić information content (AvgIpc) is 2.61. The summed E-state index contributed by atoms with van der Waals surface area (Å²) in [5.74, 6) is 0. The first-order valence-corrected chi connectivity index (χ1v) is 9.86. The smallest absolute Gasteiger partial charge is 0.0690 e. The maximum absolute atomic E-state index is 10.5. The van der Waals surface area contributed by atoms with Crippen LogP contribution in [0.15, 0.2) is 59.5 Å². The lowest BCUT2D eigenvalue weighted by Crippen LogP contribution is -2.43. The number of hydrogen-bond acceptors (Lipinski definition) is 4. The Morgan fingerprint density at radius 3 is 2.38 bits per heavy atom. The zero-order chi connectivity index (χ0) is 17.8. The molecule has 3 rings (SSSR count). The maximum atomic E-state index is 10.5. The molecule has 2 aromatic carbocycles. The van der Waals surface area contributed by atoms with E-state index < -0.39 is 0 Å². The summed E-state index contributed by atoms with van der Waals surface area (Å²) in [5, 5.41) is 10.6. The van der Waals surface area contributed by atoms with Crippen molar-refractivity contribution in [1.29, 1.82) is 0 Å². The van der Waals surface area contributed by atoms with Crippen LogP contribution in [-0.4, -0.2) is 48.5 Å². The highest BCUT2D eigenvalue weighted by atomic mass is 35.5. The van der Waals surface area contributed by atoms with Crippen molar-refractivity contribution in [1.82, 2.24) is 4.90 Å². The predicted octanol–water partition coefficient (Wildman–Crippen LogP) is 4.46. The van der Waals surface area contributed by atoms with Gasteiger partial charge in [0.15, 0.2) is 0 Å². The fraction of sp³-hybridized carbons (Fsp3) is 0.429. The Morgan fingerprint density at radius 1 is 1.08 bits per heavy atom. The Hall–Kier alpha value is -1.20. The van der Waals surface area contributed by atoms with E-state index >= 15 is 0 Å². The molecule has 142 valence electrons. The molecule has 0 saturated heterocycles. The molecule has 0 bridgehead atoms. The third-order valence-electron chi connectivity index (χ3n) is 4.71. The number of aliphatic hydroxyl groups excluding tert-OH is 1. The highest BCUT2D eigenvalue weighted by Crippen LogP contribution is 2.48. The Bertz CT molecular complexity index is 681. The molecule has 1 N–H and O–H groups in total. The summed E-state index contributed by atoms with van der Waals surface area (Å²) < 4.78 is 0. The van der Waals surface area contributed by atoms with Gasteiger partial charge in [-0.05, 0) is 51.7 Å². The second kappa shape index (κ2) is 9.65. The molecule has 3 unspecified atom stereocenters. The number of hydrogen-bond donors (Lipinski definition) is 1. The van der Waals surface area contributed by atoms with Crippen molar-refractivity contribution < 1.29 is 5.11 Å². The van der Waals surface area contributed by atoms with Crippen LogP contribution in [0.4, 0.5) is 5.69 Å². The van der Waals surface area contributed by atoms with E-state index in [9.17, 15) is 5.11 Å². The van der Waals surface area contributed by atoms with Crippen LogP contribution in [0, 0.1) is 0 Å². The summed E-state index contributed by atoms with van der Waals surface area (Å²) in [7, 11) is 4.24. The van der Waals surface area contributed by atoms with Crippen molar-refractivity contribution in [2.24, 2.45) is 0 Å². The number of para-hydroxylation sites is 1. The number of fused-ring (bicyclic) bond motifs is 1. The van der Waals surface area contributed by atoms with E-state index in [4.69, 9.17) is 0 Å². The summed E-state index contributed by atoms with van der Waals surface area (Å²) >= 11 is 1.81. The molecule has 26 heavy (non-hydrogen) atoms. The third kappa shape index (κ3) is 4.74. The van der Waals surface area contributed by atoms with Crippen LogP contribution in [0.1, 0.15) is 24.9 Å². The Kier molecular flexibility index (Phi) is 7.84. The Labute approximate surface area is 167 Å². The van der Waals surface area contributed by atoms with Crippen LogP contribution in [0.2, 0.25) is 0 Å². The van der Waals surface area contributed by atoms with E-state index in [0.29, 0.717) is 0 Å². The van der Waals surface area contributed by atoms with E-state index in [1.165, 1.54) is 16.1 Å². The Morgan fingerprint density at radius 2 is 1.73 bits per heavy atom. The lowest BCUT2D eigenvalue weighted by molar-refractivity contribution is 0.178. The normalized spacial score (nSPS) is 20.4. The van der Waals surface area contributed by atoms with Gasteiger partial charge < -0.3 is 14.9 Å². The van der Waals surface area contributed by atoms with Crippen molar-refractivity contribution in [3.8, 4) is 0 Å². The van der Waals surface area contributed by atoms with Gasteiger partial charge >= 0.3 is 0 Å². The van der Waals surface area contributed by atoms with Crippen molar-refractivity contribution in [3.05, 3.63) is 60.2 Å². The van der Waals surface area contributed by atoms with E-state index in [0.717, 1.165) is 19.5 Å². The molecule has 1 aliphatic heterocycles. The number of anilines is 1. The van der Waals surface area contributed by atoms with Gasteiger partial charge in [-0.1, -0.05) is 42.5 Å². The van der Waals surface area contributed by atoms with Crippen molar-refractivity contribution in [2.45, 2.75) is 35.6 Å². The lowest BCUT2D eigenvalue weighted by Gasteiger charge is -2.45. The van der Waals surface area contributed by atoms with Crippen LogP contribution in [0.5, 0.6) is 0 Å². The Balaban J connectivity index is 0.00000243. The van der Waals surface area contributed by atoms with Crippen LogP contribution in [0.25, 0.3) is 0 Å². The summed E-state index contributed by atoms with van der Waals surface area (Å²) in [5.41, 5.74) is 2.57. The molecular weight excluding hydrogens is 364 g/mol. The standard InChI is InChI=1S/C21H28N2OS.ClH/c1-16(24)21-20(17-10-5-4-6-11-17)23(15-9-14-22(2)3)18-12-7-8-13-19(18)25-21;/h4-8,10-13,16,20-21,24H,9,14-15H2,1-3H3;1H. The SMILES string of the molecule is CC(O)C1Sc2ccccc2N(CCCN(C)C)C1c1ccccc1.Cl. The van der Waals surface area contributed by atoms with Gasteiger partial charge in [0.05, 0.1) is 23.1 Å². The minimum atomic E-state index is -0.375. The highest BCUT2D eigenvalue weighted by molar-refractivity contribution is 8.00. The first kappa shape index (κ1) is 21.1. The fourth-order valence-electron chi connectivity index (χ4n) is 3.53. The first-order chi connectivity index (χ1) is 12.1. The number of rotatable bonds is 6. The maximum Gasteiger partial charge on any atom is 0.0690 e. The molecule has 0 radical (unpaired) electrons. The number of thioether (sulfide) groups is 1. The zero-order valence-corrected chi connectivity index (χ0v) is 17.3. The highest BCUT2D eigenvalue weighted by Gasteiger charge is 2.38. The topological polar surface area (TPSA) is 26.7 Å². The van der Waals surface area contributed by atoms with E-state index in [-0.39, 0.29) is 29.8 Å². The summed E-state index contributed by atoms with van der Waals surface area (Å²) in [6.07, 6.45) is 0.724. The van der Waals surface area contributed by atoms with Gasteiger partial charge in [-0.2, -0.15) is 0 Å². The average molecular weight is 393 g/mol. The van der Waals surface area contributed by atoms with Crippen molar-refractivity contribution in [2.75, 3.05) is 32.1 Å². The van der Waals surface area contributed by atoms with Crippen molar-refractivity contribution in [3.63, 3.8) is 0 Å². The largest absolute Gasteiger partial charge is 0.392 e. The molecule has 0 aliphatic carbocycles. The molecule has 1 heterocycles. The molecule has 0 fully saturated rings. The van der Waals surface area contributed by atoms with E-state index in [1.54, 1.807) is 0 Å². The number of halogens is 1. The van der Waals surface area contributed by atoms with Gasteiger partial charge in [0.1, 0.15) is 0 Å². The summed E-state index contributed by atoms with van der Waals surface area (Å²) in [6, 6.07) is 19.4. The molecule has 0 spiro atoms.